The maximum Gasteiger partial charge on any atom is 0.225 e. The Morgan fingerprint density at radius 2 is 1.92 bits per heavy atom. The van der Waals surface area contributed by atoms with E-state index in [-0.39, 0.29) is 5.91 Å². The largest absolute Gasteiger partial charge is 0.311 e. The molecule has 1 N–H and O–H groups in total. The lowest BCUT2D eigenvalue weighted by Crippen LogP contribution is -2.13. The third-order valence-electron chi connectivity index (χ3n) is 4.04. The van der Waals surface area contributed by atoms with Crippen LogP contribution in [0.5, 0.6) is 0 Å². The van der Waals surface area contributed by atoms with Crippen molar-refractivity contribution in [1.82, 2.24) is 14.8 Å². The van der Waals surface area contributed by atoms with Gasteiger partial charge in [-0.15, -0.1) is 0 Å². The lowest BCUT2D eigenvalue weighted by Gasteiger charge is -2.06. The Kier molecular flexibility index (Phi) is 5.14. The molecule has 3 aromatic rings. The summed E-state index contributed by atoms with van der Waals surface area (Å²) in [5.41, 5.74) is 4.12. The molecule has 6 heteroatoms. The van der Waals surface area contributed by atoms with Gasteiger partial charge >= 0.3 is 0 Å². The fourth-order valence-corrected chi connectivity index (χ4v) is 2.86. The van der Waals surface area contributed by atoms with Crippen molar-refractivity contribution in [3.8, 4) is 5.69 Å². The Balaban J connectivity index is 1.68. The minimum absolute atomic E-state index is 0.0823. The van der Waals surface area contributed by atoms with Crippen LogP contribution in [0.25, 0.3) is 5.69 Å². The van der Waals surface area contributed by atoms with Gasteiger partial charge in [0, 0.05) is 18.3 Å². The number of nitrogens with zero attached hydrogens (tertiary/aromatic N) is 3. The zero-order valence-electron chi connectivity index (χ0n) is 14.2. The molecule has 1 amide bonds. The van der Waals surface area contributed by atoms with Gasteiger partial charge in [0.25, 0.3) is 0 Å². The normalized spacial score (nSPS) is 10.7. The second-order valence-electron chi connectivity index (χ2n) is 5.81. The van der Waals surface area contributed by atoms with Gasteiger partial charge in [-0.05, 0) is 50.1 Å². The standard InChI is InChI=1S/C19H19ClN4O/c1-13-17(14(2)24(23-13)16-6-4-3-5-7-16)9-11-19(25)22-18-10-8-15(20)12-21-18/h3-8,10,12H,9,11H2,1-2H3,(H,21,22,25). The topological polar surface area (TPSA) is 59.8 Å². The molecule has 0 bridgehead atoms. The Bertz CT molecular complexity index is 872. The summed E-state index contributed by atoms with van der Waals surface area (Å²) in [6.45, 7) is 4.00. The number of aryl methyl sites for hydroxylation is 1. The summed E-state index contributed by atoms with van der Waals surface area (Å²) < 4.78 is 1.92. The van der Waals surface area contributed by atoms with Gasteiger partial charge in [-0.3, -0.25) is 4.79 Å². The lowest BCUT2D eigenvalue weighted by molar-refractivity contribution is -0.116. The summed E-state index contributed by atoms with van der Waals surface area (Å²) in [6.07, 6.45) is 2.51. The van der Waals surface area contributed by atoms with E-state index in [9.17, 15) is 4.79 Å². The number of carbonyl (C=O) groups excluding carboxylic acids is 1. The highest BCUT2D eigenvalue weighted by atomic mass is 35.5. The molecule has 0 atom stereocenters. The smallest absolute Gasteiger partial charge is 0.225 e. The van der Waals surface area contributed by atoms with Crippen molar-refractivity contribution in [3.63, 3.8) is 0 Å². The maximum absolute atomic E-state index is 12.2. The number of halogens is 1. The molecule has 0 unspecified atom stereocenters. The van der Waals surface area contributed by atoms with Gasteiger partial charge in [-0.2, -0.15) is 5.10 Å². The van der Waals surface area contributed by atoms with Crippen LogP contribution in [0.15, 0.2) is 48.7 Å². The summed E-state index contributed by atoms with van der Waals surface area (Å²) >= 11 is 5.79. The van der Waals surface area contributed by atoms with E-state index in [2.05, 4.69) is 15.4 Å². The minimum Gasteiger partial charge on any atom is -0.311 e. The molecule has 128 valence electrons. The molecular weight excluding hydrogens is 336 g/mol. The average molecular weight is 355 g/mol. The van der Waals surface area contributed by atoms with Crippen LogP contribution in [0, 0.1) is 13.8 Å². The fraction of sp³-hybridized carbons (Fsp3) is 0.211. The first-order valence-corrected chi connectivity index (χ1v) is 8.44. The molecule has 0 fully saturated rings. The Labute approximate surface area is 151 Å². The van der Waals surface area contributed by atoms with E-state index in [4.69, 9.17) is 11.6 Å². The van der Waals surface area contributed by atoms with Crippen LogP contribution in [0.3, 0.4) is 0 Å². The van der Waals surface area contributed by atoms with Crippen LogP contribution in [0.4, 0.5) is 5.82 Å². The van der Waals surface area contributed by atoms with E-state index in [1.165, 1.54) is 6.20 Å². The molecule has 0 spiro atoms. The molecule has 25 heavy (non-hydrogen) atoms. The number of amides is 1. The molecule has 0 radical (unpaired) electrons. The van der Waals surface area contributed by atoms with E-state index < -0.39 is 0 Å². The van der Waals surface area contributed by atoms with Gasteiger partial charge in [-0.1, -0.05) is 29.8 Å². The highest BCUT2D eigenvalue weighted by Gasteiger charge is 2.14. The molecule has 3 rings (SSSR count). The maximum atomic E-state index is 12.2. The predicted molar refractivity (Wildman–Crippen MR) is 99.2 cm³/mol. The second kappa shape index (κ2) is 7.49. The number of nitrogens with one attached hydrogen (secondary N) is 1. The molecule has 0 aliphatic carbocycles. The monoisotopic (exact) mass is 354 g/mol. The fourth-order valence-electron chi connectivity index (χ4n) is 2.75. The van der Waals surface area contributed by atoms with Crippen molar-refractivity contribution in [3.05, 3.63) is 70.6 Å². The first-order chi connectivity index (χ1) is 12.0. The minimum atomic E-state index is -0.0823. The summed E-state index contributed by atoms with van der Waals surface area (Å²) in [5, 5.41) is 7.93. The summed E-state index contributed by atoms with van der Waals surface area (Å²) in [4.78, 5) is 16.2. The van der Waals surface area contributed by atoms with Crippen LogP contribution in [0.1, 0.15) is 23.4 Å². The van der Waals surface area contributed by atoms with E-state index in [1.54, 1.807) is 12.1 Å². The molecular formula is C19H19ClN4O. The van der Waals surface area contributed by atoms with Crippen LogP contribution in [0.2, 0.25) is 5.02 Å². The van der Waals surface area contributed by atoms with E-state index >= 15 is 0 Å². The number of aromatic nitrogens is 3. The van der Waals surface area contributed by atoms with E-state index in [1.807, 2.05) is 48.9 Å². The molecule has 0 saturated heterocycles. The van der Waals surface area contributed by atoms with Crippen molar-refractivity contribution < 1.29 is 4.79 Å². The SMILES string of the molecule is Cc1nn(-c2ccccc2)c(C)c1CCC(=O)Nc1ccc(Cl)cn1. The Hall–Kier alpha value is -2.66. The number of para-hydroxylation sites is 1. The average Bonchev–Trinajstić information content (AvgIpc) is 2.90. The number of benzene rings is 1. The van der Waals surface area contributed by atoms with Crippen molar-refractivity contribution in [2.45, 2.75) is 26.7 Å². The first-order valence-electron chi connectivity index (χ1n) is 8.06. The van der Waals surface area contributed by atoms with Crippen LogP contribution >= 0.6 is 11.6 Å². The van der Waals surface area contributed by atoms with Crippen molar-refractivity contribution in [2.24, 2.45) is 0 Å². The highest BCUT2D eigenvalue weighted by molar-refractivity contribution is 6.30. The zero-order chi connectivity index (χ0) is 17.8. The summed E-state index contributed by atoms with van der Waals surface area (Å²) in [6, 6.07) is 13.4. The summed E-state index contributed by atoms with van der Waals surface area (Å²) in [5.74, 6) is 0.420. The predicted octanol–water partition coefficient (Wildman–Crippen LogP) is 4.11. The number of hydrogen-bond donors (Lipinski definition) is 1. The van der Waals surface area contributed by atoms with Crippen molar-refractivity contribution in [1.29, 1.82) is 0 Å². The number of pyridine rings is 1. The zero-order valence-corrected chi connectivity index (χ0v) is 14.9. The van der Waals surface area contributed by atoms with Gasteiger partial charge in [0.1, 0.15) is 5.82 Å². The third-order valence-corrected chi connectivity index (χ3v) is 4.26. The first kappa shape index (κ1) is 17.2. The molecule has 2 aromatic heterocycles. The molecule has 0 saturated carbocycles. The highest BCUT2D eigenvalue weighted by Crippen LogP contribution is 2.19. The third kappa shape index (κ3) is 4.06. The molecule has 5 nitrogen and oxygen atoms in total. The molecule has 0 aliphatic rings. The quantitative estimate of drug-likeness (QED) is 0.750. The van der Waals surface area contributed by atoms with Crippen LogP contribution in [-0.4, -0.2) is 20.7 Å². The second-order valence-corrected chi connectivity index (χ2v) is 6.24. The van der Waals surface area contributed by atoms with Gasteiger partial charge in [-0.25, -0.2) is 9.67 Å². The Morgan fingerprint density at radius 1 is 1.16 bits per heavy atom. The van der Waals surface area contributed by atoms with Crippen molar-refractivity contribution >= 4 is 23.3 Å². The van der Waals surface area contributed by atoms with Gasteiger partial charge < -0.3 is 5.32 Å². The Morgan fingerprint density at radius 3 is 2.60 bits per heavy atom. The molecule has 0 aliphatic heterocycles. The van der Waals surface area contributed by atoms with E-state index in [0.29, 0.717) is 23.7 Å². The molecule has 2 heterocycles. The van der Waals surface area contributed by atoms with Crippen molar-refractivity contribution in [2.75, 3.05) is 5.32 Å². The summed E-state index contributed by atoms with van der Waals surface area (Å²) in [7, 11) is 0. The van der Waals surface area contributed by atoms with Gasteiger partial charge in [0.15, 0.2) is 0 Å². The molecule has 1 aromatic carbocycles. The van der Waals surface area contributed by atoms with Crippen LogP contribution in [-0.2, 0) is 11.2 Å². The van der Waals surface area contributed by atoms with Gasteiger partial charge in [0.2, 0.25) is 5.91 Å². The van der Waals surface area contributed by atoms with Gasteiger partial charge in [0.05, 0.1) is 16.4 Å². The van der Waals surface area contributed by atoms with Crippen LogP contribution < -0.4 is 5.32 Å². The number of rotatable bonds is 5. The number of anilines is 1. The number of carbonyl (C=O) groups is 1. The van der Waals surface area contributed by atoms with E-state index in [0.717, 1.165) is 22.6 Å². The number of hydrogen-bond acceptors (Lipinski definition) is 3. The lowest BCUT2D eigenvalue weighted by atomic mass is 10.1.